The van der Waals surface area contributed by atoms with Crippen LogP contribution in [0.15, 0.2) is 11.1 Å². The summed E-state index contributed by atoms with van der Waals surface area (Å²) in [5.41, 5.74) is 2.25. The third kappa shape index (κ3) is 3.46. The van der Waals surface area contributed by atoms with Gasteiger partial charge in [0.05, 0.1) is 38.6 Å². The van der Waals surface area contributed by atoms with E-state index in [9.17, 15) is 14.7 Å². The first kappa shape index (κ1) is 16.0. The standard InChI is InChI=1S/C16H26N2O3/c1-4-17-5-7-18(8-6-17)15(19)13-9-11(2)12(3)10-14(13)16(20)21/h13-14H,4-10H2,1-3H3,(H,20,21)/t13-,14+/m1/s1. The Bertz CT molecular complexity index is 450. The number of nitrogens with zero attached hydrogens (tertiary/aromatic N) is 1. The smallest absolute Gasteiger partial charge is 0.227 e. The predicted molar refractivity (Wildman–Crippen MR) is 77.4 cm³/mol. The summed E-state index contributed by atoms with van der Waals surface area (Å²) in [6, 6.07) is 0. The quantitative estimate of drug-likeness (QED) is 0.668. The van der Waals surface area contributed by atoms with E-state index in [-0.39, 0.29) is 5.91 Å². The maximum Gasteiger partial charge on any atom is 0.227 e. The lowest BCUT2D eigenvalue weighted by Gasteiger charge is -2.38. The van der Waals surface area contributed by atoms with Gasteiger partial charge in [-0.2, -0.15) is 0 Å². The van der Waals surface area contributed by atoms with Gasteiger partial charge in [0, 0.05) is 11.9 Å². The van der Waals surface area contributed by atoms with E-state index in [0.29, 0.717) is 12.8 Å². The molecule has 1 heterocycles. The molecule has 2 aliphatic rings. The van der Waals surface area contributed by atoms with E-state index in [1.54, 1.807) is 0 Å². The zero-order valence-electron chi connectivity index (χ0n) is 13.3. The van der Waals surface area contributed by atoms with Crippen LogP contribution < -0.4 is 10.0 Å². The Balaban J connectivity index is 2.08. The van der Waals surface area contributed by atoms with Gasteiger partial charge in [-0.1, -0.05) is 11.1 Å². The van der Waals surface area contributed by atoms with E-state index in [1.165, 1.54) is 4.90 Å². The zero-order valence-corrected chi connectivity index (χ0v) is 13.3. The molecule has 118 valence electrons. The molecule has 0 aromatic carbocycles. The van der Waals surface area contributed by atoms with Crippen LogP contribution in [-0.2, 0) is 9.59 Å². The van der Waals surface area contributed by atoms with Gasteiger partial charge in [-0.05, 0) is 33.6 Å². The SMILES string of the molecule is CC[NH+]1CCN(C(=O)[C@@H]2CC(C)=C(C)C[C@@H]2C(=O)[O-])CC1. The number of aliphatic carboxylic acids is 1. The Morgan fingerprint density at radius 3 is 2.14 bits per heavy atom. The lowest BCUT2D eigenvalue weighted by molar-refractivity contribution is -0.902. The van der Waals surface area contributed by atoms with Gasteiger partial charge in [-0.25, -0.2) is 0 Å². The Morgan fingerprint density at radius 2 is 1.67 bits per heavy atom. The van der Waals surface area contributed by atoms with Crippen LogP contribution >= 0.6 is 0 Å². The van der Waals surface area contributed by atoms with Gasteiger partial charge in [0.1, 0.15) is 0 Å². The summed E-state index contributed by atoms with van der Waals surface area (Å²) < 4.78 is 0. The Morgan fingerprint density at radius 1 is 1.14 bits per heavy atom. The molecule has 1 amide bonds. The molecule has 0 aromatic heterocycles. The van der Waals surface area contributed by atoms with E-state index in [4.69, 9.17) is 0 Å². The third-order valence-electron chi connectivity index (χ3n) is 5.17. The number of carboxylic acid groups (broad SMARTS) is 1. The Hall–Kier alpha value is -1.36. The van der Waals surface area contributed by atoms with Crippen molar-refractivity contribution in [2.45, 2.75) is 33.6 Å². The highest BCUT2D eigenvalue weighted by Gasteiger charge is 2.37. The maximum atomic E-state index is 12.7. The molecule has 2 rings (SSSR count). The maximum absolute atomic E-state index is 12.7. The molecule has 0 saturated carbocycles. The summed E-state index contributed by atoms with van der Waals surface area (Å²) in [5.74, 6) is -2.19. The van der Waals surface area contributed by atoms with Gasteiger partial charge < -0.3 is 19.7 Å². The molecular weight excluding hydrogens is 268 g/mol. The van der Waals surface area contributed by atoms with Crippen LogP contribution in [0.5, 0.6) is 0 Å². The van der Waals surface area contributed by atoms with Crippen LogP contribution in [0.1, 0.15) is 33.6 Å². The minimum atomic E-state index is -1.09. The molecule has 0 radical (unpaired) electrons. The Kier molecular flexibility index (Phi) is 5.04. The number of hydrogen-bond acceptors (Lipinski definition) is 3. The van der Waals surface area contributed by atoms with Crippen molar-refractivity contribution in [1.82, 2.24) is 4.90 Å². The van der Waals surface area contributed by atoms with Gasteiger partial charge in [0.15, 0.2) is 0 Å². The lowest BCUT2D eigenvalue weighted by Crippen LogP contribution is -3.14. The fourth-order valence-electron chi connectivity index (χ4n) is 3.43. The minimum Gasteiger partial charge on any atom is -0.550 e. The number of carbonyl (C=O) groups excluding carboxylic acids is 2. The fourth-order valence-corrected chi connectivity index (χ4v) is 3.43. The molecule has 0 unspecified atom stereocenters. The largest absolute Gasteiger partial charge is 0.550 e. The number of hydrogen-bond donors (Lipinski definition) is 1. The highest BCUT2D eigenvalue weighted by molar-refractivity contribution is 5.85. The normalized spacial score (nSPS) is 27.9. The summed E-state index contributed by atoms with van der Waals surface area (Å²) in [4.78, 5) is 27.5. The number of quaternary nitrogens is 1. The van der Waals surface area contributed by atoms with Crippen LogP contribution in [0.2, 0.25) is 0 Å². The van der Waals surface area contributed by atoms with Gasteiger partial charge in [0.2, 0.25) is 5.91 Å². The highest BCUT2D eigenvalue weighted by Crippen LogP contribution is 2.35. The molecule has 0 bridgehead atoms. The van der Waals surface area contributed by atoms with Gasteiger partial charge in [-0.3, -0.25) is 4.79 Å². The molecule has 5 heteroatoms. The van der Waals surface area contributed by atoms with Crippen molar-refractivity contribution in [3.63, 3.8) is 0 Å². The average molecular weight is 294 g/mol. The van der Waals surface area contributed by atoms with E-state index >= 15 is 0 Å². The van der Waals surface area contributed by atoms with E-state index in [0.717, 1.165) is 43.9 Å². The number of nitrogens with one attached hydrogen (secondary N) is 1. The van der Waals surface area contributed by atoms with Gasteiger partial charge in [0.25, 0.3) is 0 Å². The first-order chi connectivity index (χ1) is 9.93. The van der Waals surface area contributed by atoms with Crippen LogP contribution in [0.3, 0.4) is 0 Å². The Labute approximate surface area is 126 Å². The second kappa shape index (κ2) is 6.60. The average Bonchev–Trinajstić information content (AvgIpc) is 2.48. The number of allylic oxidation sites excluding steroid dienone is 2. The minimum absolute atomic E-state index is 0.00574. The van der Waals surface area contributed by atoms with E-state index in [2.05, 4.69) is 6.92 Å². The summed E-state index contributed by atoms with van der Waals surface area (Å²) in [6.45, 7) is 10.6. The first-order valence-corrected chi connectivity index (χ1v) is 7.92. The van der Waals surface area contributed by atoms with E-state index < -0.39 is 17.8 Å². The van der Waals surface area contributed by atoms with Crippen molar-refractivity contribution >= 4 is 11.9 Å². The first-order valence-electron chi connectivity index (χ1n) is 7.92. The van der Waals surface area contributed by atoms with E-state index in [1.807, 2.05) is 18.7 Å². The van der Waals surface area contributed by atoms with Crippen molar-refractivity contribution in [2.24, 2.45) is 11.8 Å². The van der Waals surface area contributed by atoms with Crippen molar-refractivity contribution in [3.8, 4) is 0 Å². The molecule has 0 aromatic rings. The molecule has 0 spiro atoms. The molecule has 5 nitrogen and oxygen atoms in total. The van der Waals surface area contributed by atoms with Crippen LogP contribution in [0.4, 0.5) is 0 Å². The second-order valence-corrected chi connectivity index (χ2v) is 6.43. The zero-order chi connectivity index (χ0) is 15.6. The van der Waals surface area contributed by atoms with Crippen molar-refractivity contribution < 1.29 is 19.6 Å². The highest BCUT2D eigenvalue weighted by atomic mass is 16.4. The fraction of sp³-hybridized carbons (Fsp3) is 0.750. The molecular formula is C16H26N2O3. The topological polar surface area (TPSA) is 64.9 Å². The number of likely N-dealkylation sites (N-methyl/N-ethyl adjacent to an activating group) is 1. The summed E-state index contributed by atoms with van der Waals surface area (Å²) in [5, 5.41) is 11.4. The van der Waals surface area contributed by atoms with Crippen molar-refractivity contribution in [2.75, 3.05) is 32.7 Å². The monoisotopic (exact) mass is 294 g/mol. The summed E-state index contributed by atoms with van der Waals surface area (Å²) >= 11 is 0. The van der Waals surface area contributed by atoms with Crippen LogP contribution in [0.25, 0.3) is 0 Å². The number of amides is 1. The third-order valence-corrected chi connectivity index (χ3v) is 5.17. The second-order valence-electron chi connectivity index (χ2n) is 6.43. The number of carbonyl (C=O) groups is 2. The molecule has 1 aliphatic carbocycles. The molecule has 1 N–H and O–H groups in total. The predicted octanol–water partition coefficient (Wildman–Crippen LogP) is -1.15. The summed E-state index contributed by atoms with van der Waals surface area (Å²) in [6.07, 6.45) is 1.01. The van der Waals surface area contributed by atoms with Gasteiger partial charge >= 0.3 is 0 Å². The number of rotatable bonds is 3. The van der Waals surface area contributed by atoms with Crippen molar-refractivity contribution in [1.29, 1.82) is 0 Å². The molecule has 21 heavy (non-hydrogen) atoms. The molecule has 1 fully saturated rings. The van der Waals surface area contributed by atoms with Crippen LogP contribution in [-0.4, -0.2) is 49.5 Å². The summed E-state index contributed by atoms with van der Waals surface area (Å²) in [7, 11) is 0. The number of piperazine rings is 1. The number of carboxylic acids is 1. The van der Waals surface area contributed by atoms with Crippen molar-refractivity contribution in [3.05, 3.63) is 11.1 Å². The van der Waals surface area contributed by atoms with Crippen LogP contribution in [0, 0.1) is 11.8 Å². The lowest BCUT2D eigenvalue weighted by atomic mass is 9.76. The molecule has 1 aliphatic heterocycles. The molecule has 1 saturated heterocycles. The molecule has 2 atom stereocenters. The van der Waals surface area contributed by atoms with Gasteiger partial charge in [-0.15, -0.1) is 0 Å².